The maximum absolute atomic E-state index is 12.1. The summed E-state index contributed by atoms with van der Waals surface area (Å²) in [6.07, 6.45) is 4.66. The molecule has 3 nitrogen and oxygen atoms in total. The molecule has 0 spiro atoms. The summed E-state index contributed by atoms with van der Waals surface area (Å²) in [7, 11) is 0. The van der Waals surface area contributed by atoms with Crippen LogP contribution in [0.4, 0.5) is 0 Å². The van der Waals surface area contributed by atoms with Crippen molar-refractivity contribution in [1.82, 2.24) is 5.32 Å². The molecule has 130 valence electrons. The molecule has 0 radical (unpaired) electrons. The van der Waals surface area contributed by atoms with Gasteiger partial charge >= 0.3 is 0 Å². The minimum Gasteiger partial charge on any atom is -0.396 e. The van der Waals surface area contributed by atoms with Crippen molar-refractivity contribution in [2.75, 3.05) is 12.9 Å². The lowest BCUT2D eigenvalue weighted by molar-refractivity contribution is -0.121. The SMILES string of the molecule is CSC(CCCO)NC(=O)CC(S)Cc1cccc(C(C)C)c1. The van der Waals surface area contributed by atoms with E-state index in [1.54, 1.807) is 11.8 Å². The van der Waals surface area contributed by atoms with Crippen molar-refractivity contribution in [2.45, 2.75) is 56.1 Å². The van der Waals surface area contributed by atoms with Crippen LogP contribution in [0, 0.1) is 0 Å². The van der Waals surface area contributed by atoms with Crippen LogP contribution in [0.2, 0.25) is 0 Å². The summed E-state index contributed by atoms with van der Waals surface area (Å²) in [6, 6.07) is 8.51. The highest BCUT2D eigenvalue weighted by Crippen LogP contribution is 2.19. The Morgan fingerprint density at radius 2 is 2.13 bits per heavy atom. The third kappa shape index (κ3) is 8.13. The van der Waals surface area contributed by atoms with E-state index >= 15 is 0 Å². The molecule has 1 rings (SSSR count). The third-order valence-corrected chi connectivity index (χ3v) is 5.03. The number of hydrogen-bond donors (Lipinski definition) is 3. The Morgan fingerprint density at radius 1 is 1.39 bits per heavy atom. The number of amides is 1. The van der Waals surface area contributed by atoms with Crippen LogP contribution in [0.5, 0.6) is 0 Å². The third-order valence-electron chi connectivity index (χ3n) is 3.74. The number of thioether (sulfide) groups is 1. The summed E-state index contributed by atoms with van der Waals surface area (Å²) in [5.41, 5.74) is 2.55. The van der Waals surface area contributed by atoms with Crippen LogP contribution in [-0.2, 0) is 11.2 Å². The first-order valence-electron chi connectivity index (χ1n) is 8.16. The summed E-state index contributed by atoms with van der Waals surface area (Å²) in [6.45, 7) is 4.52. The predicted octanol–water partition coefficient (Wildman–Crippen LogP) is 3.62. The van der Waals surface area contributed by atoms with E-state index < -0.39 is 0 Å². The second-order valence-corrected chi connectivity index (χ2v) is 7.89. The summed E-state index contributed by atoms with van der Waals surface area (Å²) in [5.74, 6) is 0.535. The number of carbonyl (C=O) groups is 1. The van der Waals surface area contributed by atoms with E-state index in [9.17, 15) is 4.79 Å². The van der Waals surface area contributed by atoms with Crippen LogP contribution in [0.1, 0.15) is 50.2 Å². The molecule has 0 aliphatic rings. The molecule has 0 bridgehead atoms. The molecule has 0 saturated heterocycles. The van der Waals surface area contributed by atoms with Crippen LogP contribution in [0.3, 0.4) is 0 Å². The minimum absolute atomic E-state index is 0.0118. The molecule has 2 unspecified atom stereocenters. The van der Waals surface area contributed by atoms with Gasteiger partial charge in [0.05, 0.1) is 5.37 Å². The van der Waals surface area contributed by atoms with Crippen LogP contribution in [0.15, 0.2) is 24.3 Å². The minimum atomic E-state index is 0.0118. The number of thiol groups is 1. The largest absolute Gasteiger partial charge is 0.396 e. The Labute approximate surface area is 150 Å². The molecule has 1 aromatic rings. The van der Waals surface area contributed by atoms with Crippen molar-refractivity contribution < 1.29 is 9.90 Å². The molecule has 0 aromatic heterocycles. The maximum Gasteiger partial charge on any atom is 0.221 e. The van der Waals surface area contributed by atoms with E-state index in [1.165, 1.54) is 11.1 Å². The van der Waals surface area contributed by atoms with E-state index in [0.717, 1.165) is 12.8 Å². The summed E-state index contributed by atoms with van der Waals surface area (Å²) in [4.78, 5) is 12.1. The van der Waals surface area contributed by atoms with Gasteiger partial charge in [0.2, 0.25) is 5.91 Å². The van der Waals surface area contributed by atoms with Gasteiger partial charge < -0.3 is 10.4 Å². The Morgan fingerprint density at radius 3 is 2.74 bits per heavy atom. The second-order valence-electron chi connectivity index (χ2n) is 6.12. The summed E-state index contributed by atoms with van der Waals surface area (Å²) in [5, 5.41) is 12.0. The highest BCUT2D eigenvalue weighted by molar-refractivity contribution is 7.99. The lowest BCUT2D eigenvalue weighted by Gasteiger charge is -2.18. The average molecular weight is 356 g/mol. The Bertz CT molecular complexity index is 480. The normalized spacial score (nSPS) is 13.8. The molecular weight excluding hydrogens is 326 g/mol. The van der Waals surface area contributed by atoms with Crippen LogP contribution >= 0.6 is 24.4 Å². The summed E-state index contributed by atoms with van der Waals surface area (Å²) >= 11 is 6.19. The van der Waals surface area contributed by atoms with Gasteiger partial charge in [-0.1, -0.05) is 38.1 Å². The van der Waals surface area contributed by atoms with Gasteiger partial charge in [-0.3, -0.25) is 4.79 Å². The first-order valence-corrected chi connectivity index (χ1v) is 9.96. The van der Waals surface area contributed by atoms with Crippen LogP contribution in [0.25, 0.3) is 0 Å². The van der Waals surface area contributed by atoms with E-state index in [-0.39, 0.29) is 23.1 Å². The number of carbonyl (C=O) groups excluding carboxylic acids is 1. The van der Waals surface area contributed by atoms with Gasteiger partial charge in [-0.05, 0) is 42.6 Å². The fourth-order valence-electron chi connectivity index (χ4n) is 2.40. The quantitative estimate of drug-likeness (QED) is 0.444. The number of benzene rings is 1. The zero-order chi connectivity index (χ0) is 17.2. The monoisotopic (exact) mass is 355 g/mol. The zero-order valence-electron chi connectivity index (χ0n) is 14.3. The Balaban J connectivity index is 2.47. The number of rotatable bonds is 10. The van der Waals surface area contributed by atoms with E-state index in [2.05, 4.69) is 56.1 Å². The van der Waals surface area contributed by atoms with Crippen LogP contribution in [-0.4, -0.2) is 34.5 Å². The molecule has 2 atom stereocenters. The van der Waals surface area contributed by atoms with Crippen molar-refractivity contribution in [3.8, 4) is 0 Å². The second kappa shape index (κ2) is 11.0. The molecule has 0 aliphatic carbocycles. The van der Waals surface area contributed by atoms with Crippen molar-refractivity contribution in [3.05, 3.63) is 35.4 Å². The van der Waals surface area contributed by atoms with E-state index in [1.807, 2.05) is 6.26 Å². The molecule has 23 heavy (non-hydrogen) atoms. The molecule has 0 heterocycles. The molecular formula is C18H29NO2S2. The topological polar surface area (TPSA) is 49.3 Å². The molecule has 1 amide bonds. The average Bonchev–Trinajstić information content (AvgIpc) is 2.51. The van der Waals surface area contributed by atoms with Crippen molar-refractivity contribution in [2.24, 2.45) is 0 Å². The molecule has 0 fully saturated rings. The van der Waals surface area contributed by atoms with Crippen LogP contribution < -0.4 is 5.32 Å². The van der Waals surface area contributed by atoms with Gasteiger partial charge in [0.15, 0.2) is 0 Å². The van der Waals surface area contributed by atoms with E-state index in [0.29, 0.717) is 18.8 Å². The van der Waals surface area contributed by atoms with Gasteiger partial charge in [0, 0.05) is 18.3 Å². The van der Waals surface area contributed by atoms with Gasteiger partial charge in [-0.15, -0.1) is 11.8 Å². The van der Waals surface area contributed by atoms with Crippen molar-refractivity contribution >= 4 is 30.3 Å². The maximum atomic E-state index is 12.1. The highest BCUT2D eigenvalue weighted by atomic mass is 32.2. The molecule has 5 heteroatoms. The lowest BCUT2D eigenvalue weighted by atomic mass is 9.98. The van der Waals surface area contributed by atoms with Gasteiger partial charge in [0.1, 0.15) is 0 Å². The molecule has 1 aromatic carbocycles. The molecule has 0 aliphatic heterocycles. The number of nitrogens with one attached hydrogen (secondary N) is 1. The predicted molar refractivity (Wildman–Crippen MR) is 103 cm³/mol. The first kappa shape index (κ1) is 20.4. The first-order chi connectivity index (χ1) is 11.0. The smallest absolute Gasteiger partial charge is 0.221 e. The standard InChI is InChI=1S/C18H29NO2S2/c1-13(2)15-7-4-6-14(10-15)11-16(22)12-17(21)19-18(23-3)8-5-9-20/h4,6-7,10,13,16,18,20,22H,5,8-9,11-12H2,1-3H3,(H,19,21). The number of hydrogen-bond acceptors (Lipinski definition) is 4. The lowest BCUT2D eigenvalue weighted by Crippen LogP contribution is -2.34. The highest BCUT2D eigenvalue weighted by Gasteiger charge is 2.15. The van der Waals surface area contributed by atoms with Gasteiger partial charge in [-0.2, -0.15) is 12.6 Å². The van der Waals surface area contributed by atoms with Crippen molar-refractivity contribution in [1.29, 1.82) is 0 Å². The van der Waals surface area contributed by atoms with Crippen molar-refractivity contribution in [3.63, 3.8) is 0 Å². The number of aliphatic hydroxyl groups excluding tert-OH is 1. The zero-order valence-corrected chi connectivity index (χ0v) is 16.0. The van der Waals surface area contributed by atoms with Gasteiger partial charge in [0.25, 0.3) is 0 Å². The summed E-state index contributed by atoms with van der Waals surface area (Å²) < 4.78 is 0. The Kier molecular flexibility index (Phi) is 9.75. The molecule has 2 N–H and O–H groups in total. The Hall–Kier alpha value is -0.650. The fourth-order valence-corrected chi connectivity index (χ4v) is 3.43. The molecule has 0 saturated carbocycles. The van der Waals surface area contributed by atoms with E-state index in [4.69, 9.17) is 5.11 Å². The van der Waals surface area contributed by atoms with Gasteiger partial charge in [-0.25, -0.2) is 0 Å². The fraction of sp³-hybridized carbons (Fsp3) is 0.611. The number of aliphatic hydroxyl groups is 1.